The van der Waals surface area contributed by atoms with Gasteiger partial charge in [0.2, 0.25) is 0 Å². The van der Waals surface area contributed by atoms with Crippen LogP contribution in [-0.4, -0.2) is 24.8 Å². The molecular weight excluding hydrogens is 214 g/mol. The number of phenolic OH excluding ortho intramolecular Hbond substituents is 1. The van der Waals surface area contributed by atoms with Gasteiger partial charge in [0.05, 0.1) is 7.11 Å². The Morgan fingerprint density at radius 2 is 2.24 bits per heavy atom. The molecule has 17 heavy (non-hydrogen) atoms. The van der Waals surface area contributed by atoms with Gasteiger partial charge < -0.3 is 15.2 Å². The molecule has 1 saturated heterocycles. The molecule has 1 fully saturated rings. The summed E-state index contributed by atoms with van der Waals surface area (Å²) in [5.74, 6) is 1.18. The summed E-state index contributed by atoms with van der Waals surface area (Å²) in [6.07, 6.45) is 4.55. The van der Waals surface area contributed by atoms with Gasteiger partial charge >= 0.3 is 0 Å². The molecule has 1 heterocycles. The number of piperidine rings is 1. The maximum Gasteiger partial charge on any atom is 0.125 e. The van der Waals surface area contributed by atoms with Crippen LogP contribution in [0.3, 0.4) is 0 Å². The van der Waals surface area contributed by atoms with Gasteiger partial charge in [-0.05, 0) is 44.4 Å². The quantitative estimate of drug-likeness (QED) is 0.845. The molecular formula is C14H21NO2. The van der Waals surface area contributed by atoms with Crippen molar-refractivity contribution in [2.24, 2.45) is 0 Å². The maximum absolute atomic E-state index is 10.1. The van der Waals surface area contributed by atoms with E-state index < -0.39 is 0 Å². The van der Waals surface area contributed by atoms with Crippen molar-refractivity contribution < 1.29 is 9.84 Å². The van der Waals surface area contributed by atoms with Crippen LogP contribution >= 0.6 is 0 Å². The van der Waals surface area contributed by atoms with E-state index in [0.29, 0.717) is 11.8 Å². The van der Waals surface area contributed by atoms with E-state index in [9.17, 15) is 5.11 Å². The molecule has 1 aromatic rings. The lowest BCUT2D eigenvalue weighted by Crippen LogP contribution is -2.35. The SMILES string of the molecule is COc1ccc(C)c(O)c1CC1CCCCN1. The van der Waals surface area contributed by atoms with Crippen molar-refractivity contribution in [1.82, 2.24) is 5.32 Å². The number of phenols is 1. The molecule has 1 unspecified atom stereocenters. The smallest absolute Gasteiger partial charge is 0.125 e. The van der Waals surface area contributed by atoms with E-state index in [1.807, 2.05) is 19.1 Å². The minimum Gasteiger partial charge on any atom is -0.507 e. The van der Waals surface area contributed by atoms with Crippen LogP contribution in [0.25, 0.3) is 0 Å². The predicted molar refractivity (Wildman–Crippen MR) is 68.7 cm³/mol. The molecule has 0 radical (unpaired) electrons. The zero-order chi connectivity index (χ0) is 12.3. The van der Waals surface area contributed by atoms with Gasteiger partial charge in [0.25, 0.3) is 0 Å². The topological polar surface area (TPSA) is 41.5 Å². The number of nitrogens with one attached hydrogen (secondary N) is 1. The first kappa shape index (κ1) is 12.2. The van der Waals surface area contributed by atoms with Gasteiger partial charge in [-0.25, -0.2) is 0 Å². The second kappa shape index (κ2) is 5.41. The fourth-order valence-corrected chi connectivity index (χ4v) is 2.47. The highest BCUT2D eigenvalue weighted by atomic mass is 16.5. The van der Waals surface area contributed by atoms with Crippen molar-refractivity contribution in [2.45, 2.75) is 38.6 Å². The molecule has 1 atom stereocenters. The number of ether oxygens (including phenoxy) is 1. The molecule has 0 bridgehead atoms. The van der Waals surface area contributed by atoms with Gasteiger partial charge in [0.1, 0.15) is 11.5 Å². The highest BCUT2D eigenvalue weighted by Gasteiger charge is 2.18. The number of methoxy groups -OCH3 is 1. The number of hydrogen-bond donors (Lipinski definition) is 2. The van der Waals surface area contributed by atoms with Gasteiger partial charge in [-0.15, -0.1) is 0 Å². The first-order valence-corrected chi connectivity index (χ1v) is 6.31. The third-order valence-electron chi connectivity index (χ3n) is 3.52. The second-order valence-electron chi connectivity index (χ2n) is 4.76. The van der Waals surface area contributed by atoms with E-state index in [4.69, 9.17) is 4.74 Å². The molecule has 0 aromatic heterocycles. The maximum atomic E-state index is 10.1. The summed E-state index contributed by atoms with van der Waals surface area (Å²) >= 11 is 0. The molecule has 3 heteroatoms. The Kier molecular flexibility index (Phi) is 3.89. The van der Waals surface area contributed by atoms with Crippen LogP contribution in [0.4, 0.5) is 0 Å². The van der Waals surface area contributed by atoms with Crippen molar-refractivity contribution in [3.63, 3.8) is 0 Å². The van der Waals surface area contributed by atoms with E-state index in [2.05, 4.69) is 5.32 Å². The Morgan fingerprint density at radius 3 is 2.88 bits per heavy atom. The van der Waals surface area contributed by atoms with Gasteiger partial charge in [-0.1, -0.05) is 12.5 Å². The molecule has 0 spiro atoms. The van der Waals surface area contributed by atoms with Gasteiger partial charge in [0, 0.05) is 11.6 Å². The van der Waals surface area contributed by atoms with Crippen LogP contribution in [0, 0.1) is 6.92 Å². The van der Waals surface area contributed by atoms with Crippen molar-refractivity contribution >= 4 is 0 Å². The number of aryl methyl sites for hydroxylation is 1. The van der Waals surface area contributed by atoms with E-state index in [0.717, 1.165) is 29.8 Å². The van der Waals surface area contributed by atoms with Gasteiger partial charge in [0.15, 0.2) is 0 Å². The molecule has 3 nitrogen and oxygen atoms in total. The number of aromatic hydroxyl groups is 1. The third kappa shape index (κ3) is 2.72. The van der Waals surface area contributed by atoms with Crippen molar-refractivity contribution in [2.75, 3.05) is 13.7 Å². The molecule has 0 amide bonds. The van der Waals surface area contributed by atoms with Crippen molar-refractivity contribution in [3.05, 3.63) is 23.3 Å². The Bertz CT molecular complexity index is 384. The lowest BCUT2D eigenvalue weighted by atomic mass is 9.95. The monoisotopic (exact) mass is 235 g/mol. The van der Waals surface area contributed by atoms with Crippen LogP contribution < -0.4 is 10.1 Å². The van der Waals surface area contributed by atoms with Crippen molar-refractivity contribution in [3.8, 4) is 11.5 Å². The van der Waals surface area contributed by atoms with Gasteiger partial charge in [-0.2, -0.15) is 0 Å². The summed E-state index contributed by atoms with van der Waals surface area (Å²) in [6, 6.07) is 4.30. The second-order valence-corrected chi connectivity index (χ2v) is 4.76. The summed E-state index contributed by atoms with van der Waals surface area (Å²) in [5, 5.41) is 13.6. The Hall–Kier alpha value is -1.22. The predicted octanol–water partition coefficient (Wildman–Crippen LogP) is 2.39. The first-order valence-electron chi connectivity index (χ1n) is 6.31. The first-order chi connectivity index (χ1) is 8.22. The Balaban J connectivity index is 2.20. The average molecular weight is 235 g/mol. The molecule has 0 aliphatic carbocycles. The zero-order valence-electron chi connectivity index (χ0n) is 10.6. The van der Waals surface area contributed by atoms with E-state index >= 15 is 0 Å². The number of hydrogen-bond acceptors (Lipinski definition) is 3. The van der Waals surface area contributed by atoms with Crippen LogP contribution in [-0.2, 0) is 6.42 Å². The fourth-order valence-electron chi connectivity index (χ4n) is 2.47. The summed E-state index contributed by atoms with van der Waals surface area (Å²) < 4.78 is 5.33. The molecule has 2 N–H and O–H groups in total. The minimum atomic E-state index is 0.386. The Morgan fingerprint density at radius 1 is 1.41 bits per heavy atom. The van der Waals surface area contributed by atoms with Crippen LogP contribution in [0.5, 0.6) is 11.5 Å². The summed E-state index contributed by atoms with van der Waals surface area (Å²) in [5.41, 5.74) is 1.85. The molecule has 0 saturated carbocycles. The van der Waals surface area contributed by atoms with Gasteiger partial charge in [-0.3, -0.25) is 0 Å². The highest BCUT2D eigenvalue weighted by molar-refractivity contribution is 5.49. The zero-order valence-corrected chi connectivity index (χ0v) is 10.6. The highest BCUT2D eigenvalue weighted by Crippen LogP contribution is 2.32. The minimum absolute atomic E-state index is 0.386. The lowest BCUT2D eigenvalue weighted by molar-refractivity contribution is 0.370. The normalized spacial score (nSPS) is 20.2. The summed E-state index contributed by atoms with van der Waals surface area (Å²) in [4.78, 5) is 0. The standard InChI is InChI=1S/C14H21NO2/c1-10-6-7-13(17-2)12(14(10)16)9-11-5-3-4-8-15-11/h6-7,11,15-16H,3-5,8-9H2,1-2H3. The largest absolute Gasteiger partial charge is 0.507 e. The number of benzene rings is 1. The lowest BCUT2D eigenvalue weighted by Gasteiger charge is -2.24. The van der Waals surface area contributed by atoms with Crippen LogP contribution in [0.1, 0.15) is 30.4 Å². The molecule has 2 rings (SSSR count). The molecule has 1 aromatic carbocycles. The van der Waals surface area contributed by atoms with E-state index in [1.54, 1.807) is 7.11 Å². The number of rotatable bonds is 3. The van der Waals surface area contributed by atoms with Crippen LogP contribution in [0.15, 0.2) is 12.1 Å². The fraction of sp³-hybridized carbons (Fsp3) is 0.571. The Labute approximate surface area is 103 Å². The van der Waals surface area contributed by atoms with Crippen molar-refractivity contribution in [1.29, 1.82) is 0 Å². The van der Waals surface area contributed by atoms with Crippen LogP contribution in [0.2, 0.25) is 0 Å². The molecule has 94 valence electrons. The third-order valence-corrected chi connectivity index (χ3v) is 3.52. The summed E-state index contributed by atoms with van der Waals surface area (Å²) in [7, 11) is 1.65. The average Bonchev–Trinajstić information content (AvgIpc) is 2.37. The van der Waals surface area contributed by atoms with E-state index in [1.165, 1.54) is 19.3 Å². The van der Waals surface area contributed by atoms with E-state index in [-0.39, 0.29) is 0 Å². The molecule has 1 aliphatic rings. The summed E-state index contributed by atoms with van der Waals surface area (Å²) in [6.45, 7) is 3.01. The molecule has 1 aliphatic heterocycles.